The Bertz CT molecular complexity index is 983. The van der Waals surface area contributed by atoms with Crippen molar-refractivity contribution in [2.24, 2.45) is 0 Å². The summed E-state index contributed by atoms with van der Waals surface area (Å²) in [5.41, 5.74) is 2.98. The molecule has 0 aliphatic heterocycles. The highest BCUT2D eigenvalue weighted by atomic mass is 16.5. The van der Waals surface area contributed by atoms with Gasteiger partial charge in [0, 0.05) is 17.1 Å². The lowest BCUT2D eigenvalue weighted by molar-refractivity contribution is -0.111. The Morgan fingerprint density at radius 3 is 2.63 bits per heavy atom. The fourth-order valence-electron chi connectivity index (χ4n) is 2.57. The zero-order valence-corrected chi connectivity index (χ0v) is 15.3. The summed E-state index contributed by atoms with van der Waals surface area (Å²) in [6.45, 7) is 4.35. The molecule has 3 rings (SSSR count). The van der Waals surface area contributed by atoms with Gasteiger partial charge in [-0.25, -0.2) is 4.79 Å². The number of amides is 1. The van der Waals surface area contributed by atoms with Crippen LogP contribution in [-0.2, 0) is 9.53 Å². The summed E-state index contributed by atoms with van der Waals surface area (Å²) in [6, 6.07) is 14.4. The Morgan fingerprint density at radius 1 is 1.11 bits per heavy atom. The summed E-state index contributed by atoms with van der Waals surface area (Å²) in [7, 11) is 0. The molecule has 1 heterocycles. The van der Waals surface area contributed by atoms with Gasteiger partial charge in [-0.1, -0.05) is 18.6 Å². The lowest BCUT2D eigenvalue weighted by atomic mass is 10.2. The molecule has 138 valence electrons. The van der Waals surface area contributed by atoms with Gasteiger partial charge in [0.1, 0.15) is 11.3 Å². The number of rotatable bonds is 6. The monoisotopic (exact) mass is 363 g/mol. The van der Waals surface area contributed by atoms with Crippen molar-refractivity contribution in [1.29, 1.82) is 0 Å². The second kappa shape index (κ2) is 8.36. The van der Waals surface area contributed by atoms with Gasteiger partial charge >= 0.3 is 5.97 Å². The van der Waals surface area contributed by atoms with Crippen LogP contribution in [0.25, 0.3) is 17.0 Å². The third-order valence-electron chi connectivity index (χ3n) is 3.92. The molecule has 0 radical (unpaired) electrons. The maximum atomic E-state index is 12.1. The van der Waals surface area contributed by atoms with Crippen molar-refractivity contribution in [3.8, 4) is 0 Å². The van der Waals surface area contributed by atoms with Gasteiger partial charge < -0.3 is 14.5 Å². The van der Waals surface area contributed by atoms with E-state index in [0.29, 0.717) is 23.6 Å². The van der Waals surface area contributed by atoms with Crippen molar-refractivity contribution in [3.05, 3.63) is 71.5 Å². The Kier molecular flexibility index (Phi) is 5.71. The van der Waals surface area contributed by atoms with E-state index in [4.69, 9.17) is 9.15 Å². The molecule has 0 aliphatic carbocycles. The van der Waals surface area contributed by atoms with Crippen LogP contribution in [0.2, 0.25) is 0 Å². The van der Waals surface area contributed by atoms with E-state index in [-0.39, 0.29) is 11.9 Å². The number of esters is 1. The number of benzene rings is 2. The summed E-state index contributed by atoms with van der Waals surface area (Å²) in [4.78, 5) is 23.8. The molecule has 1 N–H and O–H groups in total. The van der Waals surface area contributed by atoms with Crippen molar-refractivity contribution in [1.82, 2.24) is 0 Å². The van der Waals surface area contributed by atoms with Crippen LogP contribution in [0.3, 0.4) is 0 Å². The number of ether oxygens (including phenoxy) is 1. The molecular weight excluding hydrogens is 342 g/mol. The van der Waals surface area contributed by atoms with Gasteiger partial charge in [0.05, 0.1) is 12.2 Å². The third kappa shape index (κ3) is 4.85. The van der Waals surface area contributed by atoms with E-state index in [1.54, 1.807) is 30.3 Å². The molecule has 3 aromatic rings. The van der Waals surface area contributed by atoms with Gasteiger partial charge in [-0.3, -0.25) is 4.79 Å². The molecule has 0 spiro atoms. The molecule has 0 fully saturated rings. The highest BCUT2D eigenvalue weighted by Crippen LogP contribution is 2.21. The van der Waals surface area contributed by atoms with Gasteiger partial charge in [-0.15, -0.1) is 0 Å². The molecule has 0 bridgehead atoms. The molecule has 0 saturated heterocycles. The van der Waals surface area contributed by atoms with Crippen LogP contribution in [-0.4, -0.2) is 18.5 Å². The molecule has 1 aromatic heterocycles. The Balaban J connectivity index is 1.61. The molecule has 2 aromatic carbocycles. The number of anilines is 1. The zero-order valence-electron chi connectivity index (χ0n) is 15.3. The van der Waals surface area contributed by atoms with E-state index in [0.717, 1.165) is 23.0 Å². The predicted octanol–water partition coefficient (Wildman–Crippen LogP) is 4.96. The normalized spacial score (nSPS) is 11.0. The number of hydrogen-bond donors (Lipinski definition) is 1. The molecular formula is C22H21NO4. The van der Waals surface area contributed by atoms with Crippen molar-refractivity contribution < 1.29 is 18.7 Å². The summed E-state index contributed by atoms with van der Waals surface area (Å²) in [6.07, 6.45) is 3.81. The Labute approximate surface area is 157 Å². The first kappa shape index (κ1) is 18.5. The van der Waals surface area contributed by atoms with Crippen LogP contribution in [0.15, 0.2) is 59.0 Å². The van der Waals surface area contributed by atoms with Crippen LogP contribution >= 0.6 is 0 Å². The van der Waals surface area contributed by atoms with Crippen LogP contribution in [0.1, 0.15) is 35.0 Å². The number of carbonyl (C=O) groups excluding carboxylic acids is 2. The quantitative estimate of drug-likeness (QED) is 0.496. The molecule has 27 heavy (non-hydrogen) atoms. The van der Waals surface area contributed by atoms with Crippen LogP contribution in [0.5, 0.6) is 0 Å². The van der Waals surface area contributed by atoms with E-state index < -0.39 is 0 Å². The minimum atomic E-state index is -0.366. The van der Waals surface area contributed by atoms with E-state index in [2.05, 4.69) is 5.32 Å². The minimum Gasteiger partial charge on any atom is -0.462 e. The number of aryl methyl sites for hydroxylation is 1. The average Bonchev–Trinajstić information content (AvgIpc) is 3.07. The van der Waals surface area contributed by atoms with Crippen LogP contribution < -0.4 is 5.32 Å². The molecule has 5 heteroatoms. The highest BCUT2D eigenvalue weighted by molar-refractivity contribution is 6.02. The minimum absolute atomic E-state index is 0.284. The second-order valence-electron chi connectivity index (χ2n) is 6.23. The van der Waals surface area contributed by atoms with Crippen LogP contribution in [0.4, 0.5) is 5.69 Å². The number of fused-ring (bicyclic) bond motifs is 1. The Morgan fingerprint density at radius 2 is 1.89 bits per heavy atom. The van der Waals surface area contributed by atoms with Gasteiger partial charge in [-0.2, -0.15) is 0 Å². The predicted molar refractivity (Wildman–Crippen MR) is 106 cm³/mol. The first-order chi connectivity index (χ1) is 13.0. The van der Waals surface area contributed by atoms with E-state index in [1.165, 1.54) is 6.08 Å². The van der Waals surface area contributed by atoms with Crippen molar-refractivity contribution in [2.45, 2.75) is 20.3 Å². The van der Waals surface area contributed by atoms with Gasteiger partial charge in [0.2, 0.25) is 5.91 Å². The molecule has 0 atom stereocenters. The molecule has 0 saturated carbocycles. The molecule has 0 aliphatic rings. The summed E-state index contributed by atoms with van der Waals surface area (Å²) in [5, 5.41) is 3.75. The van der Waals surface area contributed by atoms with Gasteiger partial charge in [0.15, 0.2) is 0 Å². The number of hydrogen-bond acceptors (Lipinski definition) is 4. The standard InChI is InChI=1S/C22H21NO4/c1-3-12-26-22(25)16-5-7-18(8-6-16)23-21(24)11-9-19-14-17-13-15(2)4-10-20(17)27-19/h4-11,13-14H,3,12H2,1-2H3,(H,23,24). The summed E-state index contributed by atoms with van der Waals surface area (Å²) < 4.78 is 10.7. The fourth-order valence-corrected chi connectivity index (χ4v) is 2.57. The highest BCUT2D eigenvalue weighted by Gasteiger charge is 2.07. The van der Waals surface area contributed by atoms with Gasteiger partial charge in [-0.05, 0) is 61.9 Å². The largest absolute Gasteiger partial charge is 0.462 e. The van der Waals surface area contributed by atoms with Crippen LogP contribution in [0, 0.1) is 6.92 Å². The number of nitrogens with one attached hydrogen (secondary N) is 1. The summed E-state index contributed by atoms with van der Waals surface area (Å²) >= 11 is 0. The van der Waals surface area contributed by atoms with E-state index in [1.807, 2.05) is 38.1 Å². The fraction of sp³-hybridized carbons (Fsp3) is 0.182. The van der Waals surface area contributed by atoms with E-state index >= 15 is 0 Å². The van der Waals surface area contributed by atoms with Crippen molar-refractivity contribution >= 4 is 34.6 Å². The second-order valence-corrected chi connectivity index (χ2v) is 6.23. The maximum Gasteiger partial charge on any atom is 0.338 e. The molecule has 1 amide bonds. The van der Waals surface area contributed by atoms with Gasteiger partial charge in [0.25, 0.3) is 0 Å². The lowest BCUT2D eigenvalue weighted by Gasteiger charge is -2.05. The third-order valence-corrected chi connectivity index (χ3v) is 3.92. The number of carbonyl (C=O) groups is 2. The lowest BCUT2D eigenvalue weighted by Crippen LogP contribution is -2.09. The summed E-state index contributed by atoms with van der Waals surface area (Å²) in [5.74, 6) is -0.0394. The average molecular weight is 363 g/mol. The first-order valence-corrected chi connectivity index (χ1v) is 8.81. The SMILES string of the molecule is CCCOC(=O)c1ccc(NC(=O)C=Cc2cc3cc(C)ccc3o2)cc1. The first-order valence-electron chi connectivity index (χ1n) is 8.81. The zero-order chi connectivity index (χ0) is 19.2. The van der Waals surface area contributed by atoms with Crippen molar-refractivity contribution in [3.63, 3.8) is 0 Å². The molecule has 5 nitrogen and oxygen atoms in total. The smallest absolute Gasteiger partial charge is 0.338 e. The maximum absolute atomic E-state index is 12.1. The topological polar surface area (TPSA) is 68.5 Å². The van der Waals surface area contributed by atoms with Crippen molar-refractivity contribution in [2.75, 3.05) is 11.9 Å². The molecule has 0 unspecified atom stereocenters. The number of furan rings is 1. The Hall–Kier alpha value is -3.34. The van der Waals surface area contributed by atoms with E-state index in [9.17, 15) is 9.59 Å².